The lowest BCUT2D eigenvalue weighted by Crippen LogP contribution is -2.23. The standard InChI is InChI=1S/C13H23N3/c1-3-5-6-7-12(15-8-4-2)13-11-14-9-10-16-13/h9-12,15H,3-8H2,1-2H3. The predicted octanol–water partition coefficient (Wildman–Crippen LogP) is 3.10. The van der Waals surface area contributed by atoms with E-state index in [-0.39, 0.29) is 0 Å². The van der Waals surface area contributed by atoms with Crippen LogP contribution in [0.1, 0.15) is 57.7 Å². The number of aromatic nitrogens is 2. The molecule has 0 saturated heterocycles. The fourth-order valence-electron chi connectivity index (χ4n) is 1.76. The highest BCUT2D eigenvalue weighted by Gasteiger charge is 2.11. The number of rotatable bonds is 8. The van der Waals surface area contributed by atoms with Crippen LogP contribution in [0.15, 0.2) is 18.6 Å². The molecule has 1 heterocycles. The summed E-state index contributed by atoms with van der Waals surface area (Å²) >= 11 is 0. The van der Waals surface area contributed by atoms with Gasteiger partial charge in [0, 0.05) is 18.6 Å². The van der Waals surface area contributed by atoms with Gasteiger partial charge < -0.3 is 5.32 Å². The first-order chi connectivity index (χ1) is 7.88. The summed E-state index contributed by atoms with van der Waals surface area (Å²) in [6, 6.07) is 0.375. The first-order valence-electron chi connectivity index (χ1n) is 6.37. The highest BCUT2D eigenvalue weighted by atomic mass is 14.9. The second-order valence-electron chi connectivity index (χ2n) is 4.13. The van der Waals surface area contributed by atoms with Crippen molar-refractivity contribution in [1.29, 1.82) is 0 Å². The fraction of sp³-hybridized carbons (Fsp3) is 0.692. The Bertz CT molecular complexity index is 261. The van der Waals surface area contributed by atoms with E-state index in [9.17, 15) is 0 Å². The van der Waals surface area contributed by atoms with Crippen molar-refractivity contribution < 1.29 is 0 Å². The molecule has 1 aromatic heterocycles. The molecule has 0 amide bonds. The van der Waals surface area contributed by atoms with Crippen LogP contribution in [0.5, 0.6) is 0 Å². The Kier molecular flexibility index (Phi) is 6.74. The van der Waals surface area contributed by atoms with Crippen molar-refractivity contribution in [1.82, 2.24) is 15.3 Å². The Labute approximate surface area is 98.7 Å². The average Bonchev–Trinajstić information content (AvgIpc) is 2.35. The molecule has 0 bridgehead atoms. The van der Waals surface area contributed by atoms with Crippen LogP contribution in [0.3, 0.4) is 0 Å². The summed E-state index contributed by atoms with van der Waals surface area (Å²) < 4.78 is 0. The van der Waals surface area contributed by atoms with Crippen molar-refractivity contribution in [3.63, 3.8) is 0 Å². The molecule has 0 aliphatic rings. The number of hydrogen-bond acceptors (Lipinski definition) is 3. The van der Waals surface area contributed by atoms with Gasteiger partial charge in [-0.1, -0.05) is 33.1 Å². The Morgan fingerprint density at radius 1 is 1.19 bits per heavy atom. The third kappa shape index (κ3) is 4.71. The molecule has 90 valence electrons. The number of unbranched alkanes of at least 4 members (excludes halogenated alkanes) is 2. The SMILES string of the molecule is CCCCCC(NCCC)c1cnccn1. The molecule has 0 aromatic carbocycles. The van der Waals surface area contributed by atoms with E-state index in [1.54, 1.807) is 12.4 Å². The first-order valence-corrected chi connectivity index (χ1v) is 6.37. The maximum absolute atomic E-state index is 4.39. The van der Waals surface area contributed by atoms with Crippen LogP contribution in [-0.4, -0.2) is 16.5 Å². The van der Waals surface area contributed by atoms with E-state index in [1.165, 1.54) is 19.3 Å². The molecule has 0 spiro atoms. The largest absolute Gasteiger partial charge is 0.309 e. The van der Waals surface area contributed by atoms with Crippen molar-refractivity contribution in [3.05, 3.63) is 24.3 Å². The van der Waals surface area contributed by atoms with E-state index in [4.69, 9.17) is 0 Å². The molecule has 0 aliphatic heterocycles. The van der Waals surface area contributed by atoms with E-state index >= 15 is 0 Å². The van der Waals surface area contributed by atoms with Crippen LogP contribution in [0.4, 0.5) is 0 Å². The fourth-order valence-corrected chi connectivity index (χ4v) is 1.76. The lowest BCUT2D eigenvalue weighted by atomic mass is 10.1. The summed E-state index contributed by atoms with van der Waals surface area (Å²) in [7, 11) is 0. The Hall–Kier alpha value is -0.960. The van der Waals surface area contributed by atoms with Gasteiger partial charge in [0.25, 0.3) is 0 Å². The van der Waals surface area contributed by atoms with E-state index in [1.807, 2.05) is 6.20 Å². The normalized spacial score (nSPS) is 12.6. The zero-order valence-corrected chi connectivity index (χ0v) is 10.4. The van der Waals surface area contributed by atoms with Crippen LogP contribution in [0, 0.1) is 0 Å². The lowest BCUT2D eigenvalue weighted by Gasteiger charge is -2.17. The van der Waals surface area contributed by atoms with E-state index in [0.717, 1.165) is 25.1 Å². The Morgan fingerprint density at radius 3 is 2.69 bits per heavy atom. The minimum Gasteiger partial charge on any atom is -0.309 e. The molecule has 0 radical (unpaired) electrons. The van der Waals surface area contributed by atoms with Crippen LogP contribution in [-0.2, 0) is 0 Å². The first kappa shape index (κ1) is 13.1. The van der Waals surface area contributed by atoms with Crippen molar-refractivity contribution in [3.8, 4) is 0 Å². The van der Waals surface area contributed by atoms with E-state index < -0.39 is 0 Å². The minimum absolute atomic E-state index is 0.375. The molecule has 1 unspecified atom stereocenters. The smallest absolute Gasteiger partial charge is 0.0756 e. The maximum atomic E-state index is 4.39. The van der Waals surface area contributed by atoms with Gasteiger partial charge in [-0.15, -0.1) is 0 Å². The van der Waals surface area contributed by atoms with Gasteiger partial charge in [-0.3, -0.25) is 9.97 Å². The topological polar surface area (TPSA) is 37.8 Å². The highest BCUT2D eigenvalue weighted by molar-refractivity contribution is 5.01. The maximum Gasteiger partial charge on any atom is 0.0756 e. The van der Waals surface area contributed by atoms with Crippen LogP contribution in [0.25, 0.3) is 0 Å². The van der Waals surface area contributed by atoms with E-state index in [2.05, 4.69) is 29.1 Å². The zero-order valence-electron chi connectivity index (χ0n) is 10.4. The quantitative estimate of drug-likeness (QED) is 0.685. The van der Waals surface area contributed by atoms with Crippen LogP contribution in [0.2, 0.25) is 0 Å². The molecule has 0 fully saturated rings. The molecule has 16 heavy (non-hydrogen) atoms. The summed E-state index contributed by atoms with van der Waals surface area (Å²) in [5.41, 5.74) is 1.08. The second kappa shape index (κ2) is 8.22. The van der Waals surface area contributed by atoms with Gasteiger partial charge in [0.2, 0.25) is 0 Å². The summed E-state index contributed by atoms with van der Waals surface area (Å²) in [5, 5.41) is 3.54. The molecule has 3 heteroatoms. The third-order valence-corrected chi connectivity index (χ3v) is 2.68. The van der Waals surface area contributed by atoms with Gasteiger partial charge in [-0.25, -0.2) is 0 Å². The van der Waals surface area contributed by atoms with Crippen LogP contribution < -0.4 is 5.32 Å². The third-order valence-electron chi connectivity index (χ3n) is 2.68. The molecule has 0 aliphatic carbocycles. The van der Waals surface area contributed by atoms with Gasteiger partial charge in [-0.05, 0) is 19.4 Å². The van der Waals surface area contributed by atoms with Crippen molar-refractivity contribution in [2.24, 2.45) is 0 Å². The molecule has 1 N–H and O–H groups in total. The molecular formula is C13H23N3. The monoisotopic (exact) mass is 221 g/mol. The molecule has 0 saturated carbocycles. The van der Waals surface area contributed by atoms with Crippen molar-refractivity contribution in [2.75, 3.05) is 6.54 Å². The van der Waals surface area contributed by atoms with Crippen molar-refractivity contribution in [2.45, 2.75) is 52.0 Å². The molecule has 1 aromatic rings. The summed E-state index contributed by atoms with van der Waals surface area (Å²) in [6.45, 7) is 5.47. The van der Waals surface area contributed by atoms with Gasteiger partial charge >= 0.3 is 0 Å². The van der Waals surface area contributed by atoms with Gasteiger partial charge in [0.15, 0.2) is 0 Å². The zero-order chi connectivity index (χ0) is 11.6. The molecule has 1 atom stereocenters. The summed E-state index contributed by atoms with van der Waals surface area (Å²) in [6.07, 6.45) is 11.5. The minimum atomic E-state index is 0.375. The number of hydrogen-bond donors (Lipinski definition) is 1. The van der Waals surface area contributed by atoms with Gasteiger partial charge in [-0.2, -0.15) is 0 Å². The van der Waals surface area contributed by atoms with Crippen LogP contribution >= 0.6 is 0 Å². The summed E-state index contributed by atoms with van der Waals surface area (Å²) in [4.78, 5) is 8.53. The second-order valence-corrected chi connectivity index (χ2v) is 4.13. The molecule has 3 nitrogen and oxygen atoms in total. The van der Waals surface area contributed by atoms with Crippen molar-refractivity contribution >= 4 is 0 Å². The lowest BCUT2D eigenvalue weighted by molar-refractivity contribution is 0.464. The number of nitrogens with zero attached hydrogens (tertiary/aromatic N) is 2. The predicted molar refractivity (Wildman–Crippen MR) is 67.2 cm³/mol. The number of nitrogens with one attached hydrogen (secondary N) is 1. The Balaban J connectivity index is 2.49. The molecular weight excluding hydrogens is 198 g/mol. The highest BCUT2D eigenvalue weighted by Crippen LogP contribution is 2.16. The van der Waals surface area contributed by atoms with Gasteiger partial charge in [0.1, 0.15) is 0 Å². The average molecular weight is 221 g/mol. The summed E-state index contributed by atoms with van der Waals surface area (Å²) in [5.74, 6) is 0. The van der Waals surface area contributed by atoms with Gasteiger partial charge in [0.05, 0.1) is 11.7 Å². The Morgan fingerprint density at radius 2 is 2.06 bits per heavy atom. The van der Waals surface area contributed by atoms with E-state index in [0.29, 0.717) is 6.04 Å². The molecule has 1 rings (SSSR count).